The van der Waals surface area contributed by atoms with Crippen LogP contribution in [0.1, 0.15) is 42.5 Å². The van der Waals surface area contributed by atoms with Gasteiger partial charge >= 0.3 is 0 Å². The van der Waals surface area contributed by atoms with Gasteiger partial charge in [0.05, 0.1) is 5.60 Å². The quantitative estimate of drug-likeness (QED) is 0.844. The summed E-state index contributed by atoms with van der Waals surface area (Å²) in [7, 11) is 0. The summed E-state index contributed by atoms with van der Waals surface area (Å²) in [5, 5.41) is 13.0. The second-order valence-electron chi connectivity index (χ2n) is 5.55. The summed E-state index contributed by atoms with van der Waals surface area (Å²) in [5.41, 5.74) is -0.589. The molecule has 22 heavy (non-hydrogen) atoms. The first-order valence-corrected chi connectivity index (χ1v) is 7.36. The highest BCUT2D eigenvalue weighted by Gasteiger charge is 2.29. The van der Waals surface area contributed by atoms with E-state index < -0.39 is 18.6 Å². The Labute approximate surface area is 127 Å². The standard InChI is InChI=1S/C15H20F2N2O3/c16-12(17)9-22-13-8-11(4-7-18-13)14(20)19-10-15(21)5-2-1-3-6-15/h4,7-8,12,21H,1-3,5-6,9-10H2,(H,19,20). The molecular weight excluding hydrogens is 294 g/mol. The molecule has 5 nitrogen and oxygen atoms in total. The molecule has 0 aromatic carbocycles. The van der Waals surface area contributed by atoms with E-state index in [0.717, 1.165) is 19.3 Å². The minimum Gasteiger partial charge on any atom is -0.472 e. The van der Waals surface area contributed by atoms with E-state index in [-0.39, 0.29) is 23.9 Å². The van der Waals surface area contributed by atoms with Crippen molar-refractivity contribution in [1.29, 1.82) is 0 Å². The molecule has 1 heterocycles. The van der Waals surface area contributed by atoms with Crippen LogP contribution in [-0.4, -0.2) is 41.2 Å². The van der Waals surface area contributed by atoms with Crippen molar-refractivity contribution in [3.63, 3.8) is 0 Å². The van der Waals surface area contributed by atoms with E-state index in [4.69, 9.17) is 4.74 Å². The first kappa shape index (κ1) is 16.6. The zero-order chi connectivity index (χ0) is 16.0. The van der Waals surface area contributed by atoms with Crippen molar-refractivity contribution in [2.45, 2.75) is 44.1 Å². The van der Waals surface area contributed by atoms with E-state index in [9.17, 15) is 18.7 Å². The molecule has 0 atom stereocenters. The highest BCUT2D eigenvalue weighted by molar-refractivity contribution is 5.94. The van der Waals surface area contributed by atoms with Crippen molar-refractivity contribution in [3.8, 4) is 5.88 Å². The summed E-state index contributed by atoms with van der Waals surface area (Å²) in [6.45, 7) is -0.584. The van der Waals surface area contributed by atoms with Crippen LogP contribution in [-0.2, 0) is 0 Å². The number of aromatic nitrogens is 1. The molecule has 0 spiro atoms. The second-order valence-corrected chi connectivity index (χ2v) is 5.55. The van der Waals surface area contributed by atoms with E-state index >= 15 is 0 Å². The van der Waals surface area contributed by atoms with E-state index in [1.165, 1.54) is 18.3 Å². The van der Waals surface area contributed by atoms with Gasteiger partial charge in [0.25, 0.3) is 12.3 Å². The van der Waals surface area contributed by atoms with Gasteiger partial charge in [0, 0.05) is 24.4 Å². The summed E-state index contributed by atoms with van der Waals surface area (Å²) < 4.78 is 29.0. The number of halogens is 2. The van der Waals surface area contributed by atoms with Gasteiger partial charge in [-0.2, -0.15) is 0 Å². The molecular formula is C15H20F2N2O3. The van der Waals surface area contributed by atoms with E-state index in [2.05, 4.69) is 10.3 Å². The third-order valence-electron chi connectivity index (χ3n) is 3.72. The summed E-state index contributed by atoms with van der Waals surface area (Å²) >= 11 is 0. The number of alkyl halides is 2. The van der Waals surface area contributed by atoms with Crippen LogP contribution < -0.4 is 10.1 Å². The topological polar surface area (TPSA) is 71.5 Å². The largest absolute Gasteiger partial charge is 0.472 e. The number of nitrogens with one attached hydrogen (secondary N) is 1. The minimum atomic E-state index is -2.60. The molecule has 0 unspecified atom stereocenters. The van der Waals surface area contributed by atoms with Crippen molar-refractivity contribution >= 4 is 5.91 Å². The Balaban J connectivity index is 1.90. The molecule has 1 aromatic rings. The van der Waals surface area contributed by atoms with Gasteiger partial charge in [-0.1, -0.05) is 19.3 Å². The molecule has 2 N–H and O–H groups in total. The Bertz CT molecular complexity index is 505. The van der Waals surface area contributed by atoms with Gasteiger partial charge in [-0.05, 0) is 18.9 Å². The van der Waals surface area contributed by atoms with Crippen LogP contribution in [0.25, 0.3) is 0 Å². The predicted octanol–water partition coefficient (Wildman–Crippen LogP) is 2.15. The van der Waals surface area contributed by atoms with Gasteiger partial charge in [-0.3, -0.25) is 4.79 Å². The van der Waals surface area contributed by atoms with E-state index in [1.54, 1.807) is 0 Å². The maximum Gasteiger partial charge on any atom is 0.272 e. The number of pyridine rings is 1. The van der Waals surface area contributed by atoms with Crippen molar-refractivity contribution < 1.29 is 23.4 Å². The second kappa shape index (κ2) is 7.49. The van der Waals surface area contributed by atoms with E-state index in [1.807, 2.05) is 0 Å². The molecule has 0 bridgehead atoms. The zero-order valence-electron chi connectivity index (χ0n) is 12.2. The summed E-state index contributed by atoms with van der Waals surface area (Å²) in [6.07, 6.45) is 3.08. The Morgan fingerprint density at radius 1 is 1.41 bits per heavy atom. The SMILES string of the molecule is O=C(NCC1(O)CCCCC1)c1ccnc(OCC(F)F)c1. The Morgan fingerprint density at radius 2 is 2.14 bits per heavy atom. The molecule has 7 heteroatoms. The van der Waals surface area contributed by atoms with Gasteiger partial charge < -0.3 is 15.2 Å². The first-order valence-electron chi connectivity index (χ1n) is 7.36. The molecule has 1 amide bonds. The Morgan fingerprint density at radius 3 is 2.82 bits per heavy atom. The van der Waals surface area contributed by atoms with Gasteiger partial charge in [-0.15, -0.1) is 0 Å². The fourth-order valence-corrected chi connectivity index (χ4v) is 2.51. The van der Waals surface area contributed by atoms with Gasteiger partial charge in [0.1, 0.15) is 0 Å². The van der Waals surface area contributed by atoms with Gasteiger partial charge in [0.15, 0.2) is 6.61 Å². The molecule has 1 aliphatic rings. The summed E-state index contributed by atoms with van der Waals surface area (Å²) in [6, 6.07) is 2.78. The van der Waals surface area contributed by atoms with Crippen LogP contribution >= 0.6 is 0 Å². The molecule has 0 radical (unpaired) electrons. The number of nitrogens with zero attached hydrogens (tertiary/aromatic N) is 1. The number of carbonyl (C=O) groups is 1. The lowest BCUT2D eigenvalue weighted by Gasteiger charge is -2.32. The number of hydrogen-bond acceptors (Lipinski definition) is 4. The fraction of sp³-hybridized carbons (Fsp3) is 0.600. The fourth-order valence-electron chi connectivity index (χ4n) is 2.51. The molecule has 1 aromatic heterocycles. The maximum absolute atomic E-state index is 12.1. The lowest BCUT2D eigenvalue weighted by molar-refractivity contribution is 0.00525. The number of hydrogen-bond donors (Lipinski definition) is 2. The minimum absolute atomic E-state index is 0.0238. The van der Waals surface area contributed by atoms with Crippen LogP contribution in [0, 0.1) is 0 Å². The molecule has 0 saturated heterocycles. The van der Waals surface area contributed by atoms with Crippen LogP contribution in [0.3, 0.4) is 0 Å². The molecule has 1 aliphatic carbocycles. The zero-order valence-corrected chi connectivity index (χ0v) is 12.2. The normalized spacial score (nSPS) is 17.3. The highest BCUT2D eigenvalue weighted by Crippen LogP contribution is 2.27. The van der Waals surface area contributed by atoms with Crippen LogP contribution in [0.5, 0.6) is 5.88 Å². The molecule has 122 valence electrons. The average molecular weight is 314 g/mol. The third-order valence-corrected chi connectivity index (χ3v) is 3.72. The number of rotatable bonds is 6. The van der Waals surface area contributed by atoms with Crippen molar-refractivity contribution in [1.82, 2.24) is 10.3 Å². The third kappa shape index (κ3) is 4.91. The monoisotopic (exact) mass is 314 g/mol. The van der Waals surface area contributed by atoms with Crippen LogP contribution in [0.4, 0.5) is 8.78 Å². The first-order chi connectivity index (χ1) is 10.5. The van der Waals surface area contributed by atoms with Crippen LogP contribution in [0.2, 0.25) is 0 Å². The molecule has 1 fully saturated rings. The van der Waals surface area contributed by atoms with Crippen molar-refractivity contribution in [3.05, 3.63) is 23.9 Å². The number of aliphatic hydroxyl groups is 1. The smallest absolute Gasteiger partial charge is 0.272 e. The van der Waals surface area contributed by atoms with Crippen molar-refractivity contribution in [2.24, 2.45) is 0 Å². The van der Waals surface area contributed by atoms with Crippen molar-refractivity contribution in [2.75, 3.05) is 13.2 Å². The number of ether oxygens (including phenoxy) is 1. The Hall–Kier alpha value is -1.76. The van der Waals surface area contributed by atoms with E-state index in [0.29, 0.717) is 12.8 Å². The molecule has 2 rings (SSSR count). The molecule has 1 saturated carbocycles. The molecule has 0 aliphatic heterocycles. The number of amides is 1. The lowest BCUT2D eigenvalue weighted by Crippen LogP contribution is -2.44. The highest BCUT2D eigenvalue weighted by atomic mass is 19.3. The van der Waals surface area contributed by atoms with Gasteiger partial charge in [0.2, 0.25) is 5.88 Å². The number of carbonyl (C=O) groups excluding carboxylic acids is 1. The lowest BCUT2D eigenvalue weighted by atomic mass is 9.85. The Kier molecular flexibility index (Phi) is 5.65. The summed E-state index contributed by atoms with van der Waals surface area (Å²) in [5.74, 6) is -0.410. The van der Waals surface area contributed by atoms with Gasteiger partial charge in [-0.25, -0.2) is 13.8 Å². The maximum atomic E-state index is 12.1. The van der Waals surface area contributed by atoms with Crippen LogP contribution in [0.15, 0.2) is 18.3 Å². The average Bonchev–Trinajstić information content (AvgIpc) is 2.52. The summed E-state index contributed by atoms with van der Waals surface area (Å²) in [4.78, 5) is 15.8. The predicted molar refractivity (Wildman–Crippen MR) is 76.1 cm³/mol.